The average Bonchev–Trinajstić information content (AvgIpc) is 2.97. The van der Waals surface area contributed by atoms with Gasteiger partial charge in [-0.05, 0) is 90.2 Å². The van der Waals surface area contributed by atoms with Crippen molar-refractivity contribution >= 4 is 41.0 Å². The maximum atomic E-state index is 13.5. The second kappa shape index (κ2) is 14.3. The quantitative estimate of drug-likeness (QED) is 0.207. The SMILES string of the molecule is O=C(O)CCNC(=O)c1ccc(CN(C(=O)Nc2ccc(SC(F)(F)F)cc2)c2ccc(C3CCCCC3)cc2)cc1. The zero-order valence-electron chi connectivity index (χ0n) is 22.8. The summed E-state index contributed by atoms with van der Waals surface area (Å²) in [6.45, 7) is 0.175. The van der Waals surface area contributed by atoms with Crippen molar-refractivity contribution in [2.75, 3.05) is 16.8 Å². The van der Waals surface area contributed by atoms with Gasteiger partial charge in [-0.25, -0.2) is 4.79 Å². The van der Waals surface area contributed by atoms with E-state index in [1.807, 2.05) is 24.3 Å². The maximum absolute atomic E-state index is 13.5. The van der Waals surface area contributed by atoms with Crippen LogP contribution in [-0.4, -0.2) is 35.1 Å². The number of carboxylic acid groups (broad SMARTS) is 1. The highest BCUT2D eigenvalue weighted by Crippen LogP contribution is 2.37. The summed E-state index contributed by atoms with van der Waals surface area (Å²) >= 11 is -0.223. The molecular weight excluding hydrogens is 567 g/mol. The van der Waals surface area contributed by atoms with Crippen molar-refractivity contribution in [1.82, 2.24) is 5.32 Å². The number of alkyl halides is 3. The number of carbonyl (C=O) groups excluding carboxylic acids is 2. The van der Waals surface area contributed by atoms with E-state index in [2.05, 4.69) is 10.6 Å². The van der Waals surface area contributed by atoms with E-state index in [0.717, 1.165) is 18.4 Å². The predicted molar refractivity (Wildman–Crippen MR) is 157 cm³/mol. The highest BCUT2D eigenvalue weighted by molar-refractivity contribution is 8.00. The van der Waals surface area contributed by atoms with E-state index in [1.165, 1.54) is 54.0 Å². The van der Waals surface area contributed by atoms with Crippen LogP contribution in [0.2, 0.25) is 0 Å². The minimum Gasteiger partial charge on any atom is -0.481 e. The zero-order chi connectivity index (χ0) is 30.1. The van der Waals surface area contributed by atoms with Crippen LogP contribution in [0, 0.1) is 0 Å². The summed E-state index contributed by atoms with van der Waals surface area (Å²) < 4.78 is 38.1. The lowest BCUT2D eigenvalue weighted by Crippen LogP contribution is -2.34. The van der Waals surface area contributed by atoms with Gasteiger partial charge in [0.15, 0.2) is 0 Å². The minimum atomic E-state index is -4.40. The van der Waals surface area contributed by atoms with E-state index in [1.54, 1.807) is 24.3 Å². The molecule has 3 amide bonds. The van der Waals surface area contributed by atoms with Crippen molar-refractivity contribution in [3.05, 3.63) is 89.5 Å². The topological polar surface area (TPSA) is 98.7 Å². The predicted octanol–water partition coefficient (Wildman–Crippen LogP) is 7.79. The third kappa shape index (κ3) is 9.27. The van der Waals surface area contributed by atoms with Gasteiger partial charge in [0.2, 0.25) is 0 Å². The van der Waals surface area contributed by atoms with E-state index in [-0.39, 0.29) is 36.2 Å². The number of hydrogen-bond donors (Lipinski definition) is 3. The normalized spacial score (nSPS) is 13.8. The van der Waals surface area contributed by atoms with Crippen LogP contribution in [0.5, 0.6) is 0 Å². The third-order valence-corrected chi connectivity index (χ3v) is 7.79. The molecule has 0 unspecified atom stereocenters. The van der Waals surface area contributed by atoms with Gasteiger partial charge < -0.3 is 15.7 Å². The van der Waals surface area contributed by atoms with Crippen LogP contribution >= 0.6 is 11.8 Å². The summed E-state index contributed by atoms with van der Waals surface area (Å²) in [5, 5.41) is 14.1. The van der Waals surface area contributed by atoms with Crippen molar-refractivity contribution in [3.63, 3.8) is 0 Å². The summed E-state index contributed by atoms with van der Waals surface area (Å²) in [4.78, 5) is 38.0. The monoisotopic (exact) mass is 599 g/mol. The molecule has 4 rings (SSSR count). The number of nitrogens with zero attached hydrogens (tertiary/aromatic N) is 1. The van der Waals surface area contributed by atoms with Crippen LogP contribution in [0.25, 0.3) is 0 Å². The third-order valence-electron chi connectivity index (χ3n) is 7.05. The van der Waals surface area contributed by atoms with Crippen LogP contribution in [0.15, 0.2) is 77.7 Å². The number of urea groups is 1. The van der Waals surface area contributed by atoms with E-state index in [9.17, 15) is 27.6 Å². The molecule has 3 aromatic carbocycles. The van der Waals surface area contributed by atoms with E-state index in [0.29, 0.717) is 22.9 Å². The van der Waals surface area contributed by atoms with Crippen LogP contribution in [0.3, 0.4) is 0 Å². The average molecular weight is 600 g/mol. The standard InChI is InChI=1S/C31H32F3N3O4S/c32-31(33,34)42-27-16-12-25(13-17-27)36-30(41)37(26-14-10-23(11-15-26)22-4-2-1-3-5-22)20-21-6-8-24(9-7-21)29(40)35-19-18-28(38)39/h6-17,22H,1-5,18-20H2,(H,35,40)(H,36,41)(H,38,39). The number of carboxylic acids is 1. The van der Waals surface area contributed by atoms with Crippen molar-refractivity contribution in [1.29, 1.82) is 0 Å². The first-order chi connectivity index (χ1) is 20.1. The Hall–Kier alpha value is -3.99. The van der Waals surface area contributed by atoms with E-state index in [4.69, 9.17) is 5.11 Å². The summed E-state index contributed by atoms with van der Waals surface area (Å²) in [6, 6.07) is 19.5. The molecule has 1 aliphatic carbocycles. The van der Waals surface area contributed by atoms with E-state index < -0.39 is 23.4 Å². The Balaban J connectivity index is 1.50. The number of halogens is 3. The molecule has 0 bridgehead atoms. The number of anilines is 2. The molecule has 0 spiro atoms. The van der Waals surface area contributed by atoms with Gasteiger partial charge in [-0.2, -0.15) is 13.2 Å². The lowest BCUT2D eigenvalue weighted by Gasteiger charge is -2.26. The van der Waals surface area contributed by atoms with Gasteiger partial charge in [0.1, 0.15) is 0 Å². The van der Waals surface area contributed by atoms with E-state index >= 15 is 0 Å². The fraction of sp³-hybridized carbons (Fsp3) is 0.323. The van der Waals surface area contributed by atoms with Crippen LogP contribution in [0.1, 0.15) is 65.9 Å². The van der Waals surface area contributed by atoms with Gasteiger partial charge >= 0.3 is 17.5 Å². The van der Waals surface area contributed by atoms with Crippen LogP contribution in [0.4, 0.5) is 29.3 Å². The Morgan fingerprint density at radius 2 is 1.52 bits per heavy atom. The van der Waals surface area contributed by atoms with Gasteiger partial charge in [0.05, 0.1) is 13.0 Å². The second-order valence-corrected chi connectivity index (χ2v) is 11.2. The molecule has 1 saturated carbocycles. The number of aliphatic carboxylic acids is 1. The molecule has 3 aromatic rings. The van der Waals surface area contributed by atoms with Crippen LogP contribution in [-0.2, 0) is 11.3 Å². The lowest BCUT2D eigenvalue weighted by molar-refractivity contribution is -0.136. The van der Waals surface area contributed by atoms with Gasteiger partial charge in [-0.15, -0.1) is 0 Å². The van der Waals surface area contributed by atoms with Gasteiger partial charge in [-0.3, -0.25) is 14.5 Å². The molecule has 11 heteroatoms. The number of hydrogen-bond acceptors (Lipinski definition) is 4. The second-order valence-electron chi connectivity index (χ2n) is 10.1. The first-order valence-electron chi connectivity index (χ1n) is 13.7. The van der Waals surface area contributed by atoms with Crippen molar-refractivity contribution in [2.45, 2.75) is 61.4 Å². The van der Waals surface area contributed by atoms with Gasteiger partial charge in [-0.1, -0.05) is 43.5 Å². The Labute approximate surface area is 246 Å². The van der Waals surface area contributed by atoms with Crippen molar-refractivity contribution in [3.8, 4) is 0 Å². The van der Waals surface area contributed by atoms with Crippen molar-refractivity contribution < 1.29 is 32.7 Å². The highest BCUT2D eigenvalue weighted by Gasteiger charge is 2.29. The molecule has 0 radical (unpaired) electrons. The first-order valence-corrected chi connectivity index (χ1v) is 14.5. The molecule has 1 fully saturated rings. The molecule has 42 heavy (non-hydrogen) atoms. The summed E-state index contributed by atoms with van der Waals surface area (Å²) in [7, 11) is 0. The molecule has 222 valence electrons. The molecular formula is C31H32F3N3O4S. The number of carbonyl (C=O) groups is 3. The molecule has 7 nitrogen and oxygen atoms in total. The molecule has 1 aliphatic rings. The fourth-order valence-electron chi connectivity index (χ4n) is 4.90. The lowest BCUT2D eigenvalue weighted by atomic mass is 9.84. The largest absolute Gasteiger partial charge is 0.481 e. The Morgan fingerprint density at radius 3 is 2.12 bits per heavy atom. The number of amides is 3. The molecule has 3 N–H and O–H groups in total. The maximum Gasteiger partial charge on any atom is 0.446 e. The number of benzene rings is 3. The summed E-state index contributed by atoms with van der Waals surface area (Å²) in [5.74, 6) is -0.910. The number of thioether (sulfide) groups is 1. The smallest absolute Gasteiger partial charge is 0.446 e. The highest BCUT2D eigenvalue weighted by atomic mass is 32.2. The first kappa shape index (κ1) is 31.0. The zero-order valence-corrected chi connectivity index (χ0v) is 23.6. The van der Waals surface area contributed by atoms with Crippen molar-refractivity contribution in [2.24, 2.45) is 0 Å². The molecule has 0 saturated heterocycles. The Kier molecular flexibility index (Phi) is 10.5. The Bertz CT molecular complexity index is 1360. The Morgan fingerprint density at radius 1 is 0.881 bits per heavy atom. The summed E-state index contributed by atoms with van der Waals surface area (Å²) in [6.07, 6.45) is 5.76. The van der Waals surface area contributed by atoms with Crippen LogP contribution < -0.4 is 15.5 Å². The molecule has 0 aromatic heterocycles. The fourth-order valence-corrected chi connectivity index (χ4v) is 5.44. The number of nitrogens with one attached hydrogen (secondary N) is 2. The molecule has 0 heterocycles. The number of rotatable bonds is 10. The molecule has 0 atom stereocenters. The minimum absolute atomic E-state index is 0.0105. The molecule has 0 aliphatic heterocycles. The van der Waals surface area contributed by atoms with Gasteiger partial charge in [0.25, 0.3) is 5.91 Å². The summed E-state index contributed by atoms with van der Waals surface area (Å²) in [5.41, 5.74) is -1.08. The van der Waals surface area contributed by atoms with Gasteiger partial charge in [0, 0.05) is 28.4 Å².